The number of nitrogens with one attached hydrogen (secondary N) is 1. The van der Waals surface area contributed by atoms with Crippen molar-refractivity contribution in [2.24, 2.45) is 0 Å². The first-order valence-electron chi connectivity index (χ1n) is 7.82. The Hall–Kier alpha value is -1.42. The lowest BCUT2D eigenvalue weighted by Crippen LogP contribution is -2.63. The van der Waals surface area contributed by atoms with Crippen LogP contribution in [-0.2, 0) is 0 Å². The third kappa shape index (κ3) is 3.26. The lowest BCUT2D eigenvalue weighted by atomic mass is 9.88. The molecule has 1 unspecified atom stereocenters. The van der Waals surface area contributed by atoms with E-state index in [0.29, 0.717) is 6.04 Å². The molecule has 0 aliphatic carbocycles. The van der Waals surface area contributed by atoms with Crippen LogP contribution in [0, 0.1) is 0 Å². The lowest BCUT2D eigenvalue weighted by Gasteiger charge is -2.47. The molecule has 0 saturated carbocycles. The molecular formula is C17H28N2O2. The minimum absolute atomic E-state index is 0.197. The van der Waals surface area contributed by atoms with Gasteiger partial charge in [-0.25, -0.2) is 0 Å². The predicted molar refractivity (Wildman–Crippen MR) is 87.7 cm³/mol. The van der Waals surface area contributed by atoms with Gasteiger partial charge in [0.1, 0.15) is 11.5 Å². The SMILES string of the molecule is CCC1(CC)CN(c2cc(OC)cc(OC)c2)C(C)CN1. The van der Waals surface area contributed by atoms with Gasteiger partial charge in [-0.2, -0.15) is 0 Å². The number of hydrogen-bond acceptors (Lipinski definition) is 4. The number of rotatable bonds is 5. The van der Waals surface area contributed by atoms with Gasteiger partial charge < -0.3 is 19.7 Å². The van der Waals surface area contributed by atoms with Gasteiger partial charge in [-0.15, -0.1) is 0 Å². The molecule has 1 saturated heterocycles. The van der Waals surface area contributed by atoms with E-state index >= 15 is 0 Å². The number of hydrogen-bond donors (Lipinski definition) is 1. The average Bonchev–Trinajstić information content (AvgIpc) is 2.55. The number of ether oxygens (including phenoxy) is 2. The van der Waals surface area contributed by atoms with E-state index in [1.807, 2.05) is 6.07 Å². The van der Waals surface area contributed by atoms with Gasteiger partial charge in [0.05, 0.1) is 14.2 Å². The summed E-state index contributed by atoms with van der Waals surface area (Å²) in [5, 5.41) is 3.73. The predicted octanol–water partition coefficient (Wildman–Crippen LogP) is 3.06. The summed E-state index contributed by atoms with van der Waals surface area (Å²) in [5.74, 6) is 1.68. The molecule has 0 aromatic heterocycles. The van der Waals surface area contributed by atoms with Crippen molar-refractivity contribution in [2.45, 2.75) is 45.2 Å². The Bertz CT molecular complexity index is 450. The molecule has 1 aromatic rings. The fourth-order valence-electron chi connectivity index (χ4n) is 3.04. The van der Waals surface area contributed by atoms with Crippen molar-refractivity contribution in [1.29, 1.82) is 0 Å². The van der Waals surface area contributed by atoms with Crippen LogP contribution in [0.15, 0.2) is 18.2 Å². The summed E-state index contributed by atoms with van der Waals surface area (Å²) in [6, 6.07) is 6.57. The standard InChI is InChI=1S/C17H28N2O2/c1-6-17(7-2)12-19(13(3)11-18-17)14-8-15(20-4)10-16(9-14)21-5/h8-10,13,18H,6-7,11-12H2,1-5H3. The van der Waals surface area contributed by atoms with E-state index in [1.165, 1.54) is 5.69 Å². The molecule has 4 heteroatoms. The van der Waals surface area contributed by atoms with Crippen LogP contribution in [0.4, 0.5) is 5.69 Å². The zero-order valence-corrected chi connectivity index (χ0v) is 13.9. The Kier molecular flexibility index (Phi) is 4.99. The maximum absolute atomic E-state index is 5.41. The van der Waals surface area contributed by atoms with Crippen molar-refractivity contribution in [3.63, 3.8) is 0 Å². The molecule has 2 rings (SSSR count). The van der Waals surface area contributed by atoms with E-state index in [1.54, 1.807) is 14.2 Å². The largest absolute Gasteiger partial charge is 0.497 e. The summed E-state index contributed by atoms with van der Waals surface area (Å²) in [6.45, 7) is 8.79. The number of anilines is 1. The monoisotopic (exact) mass is 292 g/mol. The smallest absolute Gasteiger partial charge is 0.124 e. The highest BCUT2D eigenvalue weighted by atomic mass is 16.5. The summed E-state index contributed by atoms with van der Waals surface area (Å²) in [4.78, 5) is 2.47. The zero-order valence-electron chi connectivity index (χ0n) is 13.9. The minimum Gasteiger partial charge on any atom is -0.497 e. The first-order valence-corrected chi connectivity index (χ1v) is 7.82. The molecule has 0 bridgehead atoms. The van der Waals surface area contributed by atoms with Crippen molar-refractivity contribution >= 4 is 5.69 Å². The van der Waals surface area contributed by atoms with E-state index in [2.05, 4.69) is 43.1 Å². The molecule has 4 nitrogen and oxygen atoms in total. The van der Waals surface area contributed by atoms with Gasteiger partial charge in [0.25, 0.3) is 0 Å². The van der Waals surface area contributed by atoms with Gasteiger partial charge in [0.2, 0.25) is 0 Å². The van der Waals surface area contributed by atoms with Crippen LogP contribution in [0.1, 0.15) is 33.6 Å². The van der Waals surface area contributed by atoms with Gasteiger partial charge in [-0.1, -0.05) is 13.8 Å². The van der Waals surface area contributed by atoms with Crippen LogP contribution in [0.5, 0.6) is 11.5 Å². The molecule has 21 heavy (non-hydrogen) atoms. The summed E-state index contributed by atoms with van der Waals surface area (Å²) in [5.41, 5.74) is 1.37. The highest BCUT2D eigenvalue weighted by Gasteiger charge is 2.35. The number of benzene rings is 1. The van der Waals surface area contributed by atoms with Gasteiger partial charge in [-0.3, -0.25) is 0 Å². The first kappa shape index (κ1) is 16.0. The second-order valence-corrected chi connectivity index (χ2v) is 5.92. The molecule has 1 atom stereocenters. The third-order valence-electron chi connectivity index (χ3n) is 4.80. The fraction of sp³-hybridized carbons (Fsp3) is 0.647. The molecule has 0 radical (unpaired) electrons. The molecule has 0 amide bonds. The van der Waals surface area contributed by atoms with Crippen molar-refractivity contribution in [1.82, 2.24) is 5.32 Å². The Morgan fingerprint density at radius 2 is 1.71 bits per heavy atom. The maximum Gasteiger partial charge on any atom is 0.124 e. The van der Waals surface area contributed by atoms with E-state index in [-0.39, 0.29) is 5.54 Å². The van der Waals surface area contributed by atoms with E-state index in [4.69, 9.17) is 9.47 Å². The van der Waals surface area contributed by atoms with Crippen LogP contribution >= 0.6 is 0 Å². The molecule has 1 fully saturated rings. The average molecular weight is 292 g/mol. The summed E-state index contributed by atoms with van der Waals surface area (Å²) in [7, 11) is 3.39. The van der Waals surface area contributed by atoms with Crippen LogP contribution in [0.25, 0.3) is 0 Å². The second-order valence-electron chi connectivity index (χ2n) is 5.92. The van der Waals surface area contributed by atoms with Crippen LogP contribution in [0.3, 0.4) is 0 Å². The minimum atomic E-state index is 0.197. The van der Waals surface area contributed by atoms with Gasteiger partial charge in [0.15, 0.2) is 0 Å². The zero-order chi connectivity index (χ0) is 15.5. The molecule has 1 aromatic carbocycles. The topological polar surface area (TPSA) is 33.7 Å². The number of nitrogens with zero attached hydrogens (tertiary/aromatic N) is 1. The maximum atomic E-state index is 5.41. The highest BCUT2D eigenvalue weighted by Crippen LogP contribution is 2.33. The summed E-state index contributed by atoms with van der Waals surface area (Å²) < 4.78 is 10.8. The molecule has 1 aliphatic heterocycles. The molecule has 0 spiro atoms. The van der Waals surface area contributed by atoms with Gasteiger partial charge in [0, 0.05) is 48.6 Å². The van der Waals surface area contributed by atoms with Crippen molar-refractivity contribution in [2.75, 3.05) is 32.2 Å². The molecular weight excluding hydrogens is 264 g/mol. The molecule has 1 aliphatic rings. The Morgan fingerprint density at radius 3 is 2.19 bits per heavy atom. The summed E-state index contributed by atoms with van der Waals surface area (Å²) >= 11 is 0. The Morgan fingerprint density at radius 1 is 1.14 bits per heavy atom. The summed E-state index contributed by atoms with van der Waals surface area (Å²) in [6.07, 6.45) is 2.27. The Balaban J connectivity index is 2.34. The number of methoxy groups -OCH3 is 2. The van der Waals surface area contributed by atoms with Crippen LogP contribution in [0.2, 0.25) is 0 Å². The van der Waals surface area contributed by atoms with Crippen LogP contribution in [-0.4, -0.2) is 38.9 Å². The fourth-order valence-corrected chi connectivity index (χ4v) is 3.04. The quantitative estimate of drug-likeness (QED) is 0.904. The lowest BCUT2D eigenvalue weighted by molar-refractivity contribution is 0.253. The van der Waals surface area contributed by atoms with Gasteiger partial charge in [-0.05, 0) is 19.8 Å². The number of piperazine rings is 1. The van der Waals surface area contributed by atoms with E-state index in [0.717, 1.165) is 37.4 Å². The van der Waals surface area contributed by atoms with Crippen molar-refractivity contribution < 1.29 is 9.47 Å². The molecule has 1 N–H and O–H groups in total. The molecule has 118 valence electrons. The van der Waals surface area contributed by atoms with Gasteiger partial charge >= 0.3 is 0 Å². The third-order valence-corrected chi connectivity index (χ3v) is 4.80. The van der Waals surface area contributed by atoms with Crippen molar-refractivity contribution in [3.8, 4) is 11.5 Å². The normalized spacial score (nSPS) is 21.2. The Labute approximate surface area is 128 Å². The molecule has 1 heterocycles. The highest BCUT2D eigenvalue weighted by molar-refractivity contribution is 5.57. The van der Waals surface area contributed by atoms with Crippen LogP contribution < -0.4 is 19.7 Å². The second kappa shape index (κ2) is 6.56. The van der Waals surface area contributed by atoms with E-state index < -0.39 is 0 Å². The van der Waals surface area contributed by atoms with E-state index in [9.17, 15) is 0 Å². The van der Waals surface area contributed by atoms with Crippen molar-refractivity contribution in [3.05, 3.63) is 18.2 Å². The first-order chi connectivity index (χ1) is 10.1.